The lowest BCUT2D eigenvalue weighted by molar-refractivity contribution is -0.141. The number of nitrogens with zero attached hydrogens (tertiary/aromatic N) is 1. The van der Waals surface area contributed by atoms with Crippen LogP contribution < -0.4 is 4.74 Å². The average molecular weight is 293 g/mol. The molecule has 1 aliphatic rings. The number of carbonyl (C=O) groups is 1. The van der Waals surface area contributed by atoms with Crippen molar-refractivity contribution in [2.45, 2.75) is 12.8 Å². The molecule has 5 heteroatoms. The van der Waals surface area contributed by atoms with Crippen molar-refractivity contribution in [1.82, 2.24) is 4.90 Å². The molecule has 0 amide bonds. The molecule has 1 fully saturated rings. The molecule has 1 aliphatic heterocycles. The molecule has 5 nitrogen and oxygen atoms in total. The third-order valence-electron chi connectivity index (χ3n) is 3.99. The Morgan fingerprint density at radius 3 is 2.90 bits per heavy atom. The lowest BCUT2D eigenvalue weighted by Gasteiger charge is -2.16. The van der Waals surface area contributed by atoms with E-state index in [1.54, 1.807) is 7.11 Å². The molecule has 1 aromatic carbocycles. The van der Waals surface area contributed by atoms with Gasteiger partial charge in [0, 0.05) is 32.2 Å². The summed E-state index contributed by atoms with van der Waals surface area (Å²) in [5.74, 6) is -0.343. The highest BCUT2D eigenvalue weighted by atomic mass is 16.5. The summed E-state index contributed by atoms with van der Waals surface area (Å²) in [4.78, 5) is 13.7. The number of carboxylic acids is 1. The Morgan fingerprint density at radius 2 is 2.24 bits per heavy atom. The molecule has 2 rings (SSSR count). The van der Waals surface area contributed by atoms with Crippen LogP contribution in [-0.4, -0.2) is 55.9 Å². The van der Waals surface area contributed by atoms with Crippen LogP contribution in [0.15, 0.2) is 24.3 Å². The van der Waals surface area contributed by atoms with Crippen LogP contribution in [0.2, 0.25) is 0 Å². The Labute approximate surface area is 125 Å². The van der Waals surface area contributed by atoms with Gasteiger partial charge in [0.25, 0.3) is 0 Å². The number of rotatable bonds is 7. The highest BCUT2D eigenvalue weighted by Crippen LogP contribution is 2.34. The first-order valence-electron chi connectivity index (χ1n) is 7.32. The zero-order chi connectivity index (χ0) is 15.2. The molecular weight excluding hydrogens is 270 g/mol. The molecule has 0 saturated carbocycles. The van der Waals surface area contributed by atoms with Gasteiger partial charge in [-0.05, 0) is 24.6 Å². The highest BCUT2D eigenvalue weighted by Gasteiger charge is 2.38. The van der Waals surface area contributed by atoms with E-state index in [9.17, 15) is 9.90 Å². The Bertz CT molecular complexity index is 477. The van der Waals surface area contributed by atoms with E-state index in [0.29, 0.717) is 19.8 Å². The summed E-state index contributed by atoms with van der Waals surface area (Å²) in [6.07, 6.45) is 0. The van der Waals surface area contributed by atoms with Crippen molar-refractivity contribution < 1.29 is 19.4 Å². The predicted molar refractivity (Wildman–Crippen MR) is 79.8 cm³/mol. The first kappa shape index (κ1) is 15.8. The molecular formula is C16H23NO4. The lowest BCUT2D eigenvalue weighted by atomic mass is 9.89. The van der Waals surface area contributed by atoms with Gasteiger partial charge in [0.2, 0.25) is 0 Å². The number of methoxy groups -OCH3 is 1. The second-order valence-electron chi connectivity index (χ2n) is 5.28. The summed E-state index contributed by atoms with van der Waals surface area (Å²) in [6, 6.07) is 7.71. The van der Waals surface area contributed by atoms with Gasteiger partial charge in [-0.15, -0.1) is 0 Å². The minimum atomic E-state index is -0.735. The van der Waals surface area contributed by atoms with Crippen LogP contribution in [0.4, 0.5) is 0 Å². The largest absolute Gasteiger partial charge is 0.497 e. The minimum absolute atomic E-state index is 0.000716. The summed E-state index contributed by atoms with van der Waals surface area (Å²) < 4.78 is 10.6. The van der Waals surface area contributed by atoms with Crippen molar-refractivity contribution in [2.75, 3.05) is 40.0 Å². The number of ether oxygens (including phenoxy) is 2. The fourth-order valence-corrected chi connectivity index (χ4v) is 2.87. The second-order valence-corrected chi connectivity index (χ2v) is 5.28. The molecule has 116 valence electrons. The van der Waals surface area contributed by atoms with E-state index in [4.69, 9.17) is 9.47 Å². The van der Waals surface area contributed by atoms with Crippen molar-refractivity contribution in [3.8, 4) is 5.75 Å². The van der Waals surface area contributed by atoms with Crippen LogP contribution in [0, 0.1) is 5.92 Å². The van der Waals surface area contributed by atoms with Gasteiger partial charge in [0.05, 0.1) is 19.6 Å². The number of benzene rings is 1. The molecule has 0 aliphatic carbocycles. The first-order valence-corrected chi connectivity index (χ1v) is 7.32. The molecule has 0 unspecified atom stereocenters. The molecule has 0 bridgehead atoms. The van der Waals surface area contributed by atoms with Crippen LogP contribution in [-0.2, 0) is 9.53 Å². The van der Waals surface area contributed by atoms with Crippen LogP contribution >= 0.6 is 0 Å². The van der Waals surface area contributed by atoms with Gasteiger partial charge in [0.15, 0.2) is 0 Å². The number of likely N-dealkylation sites (tertiary alicyclic amines) is 1. The summed E-state index contributed by atoms with van der Waals surface area (Å²) in [5, 5.41) is 9.47. The summed E-state index contributed by atoms with van der Waals surface area (Å²) in [5.41, 5.74) is 1.03. The molecule has 1 saturated heterocycles. The van der Waals surface area contributed by atoms with E-state index in [-0.39, 0.29) is 11.8 Å². The van der Waals surface area contributed by atoms with Crippen LogP contribution in [0.3, 0.4) is 0 Å². The highest BCUT2D eigenvalue weighted by molar-refractivity contribution is 5.72. The van der Waals surface area contributed by atoms with Gasteiger partial charge < -0.3 is 14.6 Å². The van der Waals surface area contributed by atoms with E-state index in [1.807, 2.05) is 31.2 Å². The third-order valence-corrected chi connectivity index (χ3v) is 3.99. The fraction of sp³-hybridized carbons (Fsp3) is 0.562. The Hall–Kier alpha value is -1.59. The normalized spacial score (nSPS) is 22.4. The van der Waals surface area contributed by atoms with Gasteiger partial charge in [-0.3, -0.25) is 9.69 Å². The third kappa shape index (κ3) is 3.95. The molecule has 0 aromatic heterocycles. The zero-order valence-corrected chi connectivity index (χ0v) is 12.6. The summed E-state index contributed by atoms with van der Waals surface area (Å²) >= 11 is 0. The maximum atomic E-state index is 11.5. The predicted octanol–water partition coefficient (Wildman–Crippen LogP) is 1.83. The molecule has 0 radical (unpaired) electrons. The lowest BCUT2D eigenvalue weighted by Crippen LogP contribution is -2.26. The van der Waals surface area contributed by atoms with Gasteiger partial charge in [-0.2, -0.15) is 0 Å². The topological polar surface area (TPSA) is 59.0 Å². The second kappa shape index (κ2) is 7.43. The Kier molecular flexibility index (Phi) is 5.59. The van der Waals surface area contributed by atoms with E-state index < -0.39 is 5.97 Å². The minimum Gasteiger partial charge on any atom is -0.497 e. The molecule has 1 heterocycles. The van der Waals surface area contributed by atoms with Crippen molar-refractivity contribution in [3.05, 3.63) is 29.8 Å². The standard InChI is InChI=1S/C16H23NO4/c1-3-21-8-7-17-10-14(15(11-17)16(18)19)12-5-4-6-13(9-12)20-2/h4-6,9,14-15H,3,7-8,10-11H2,1-2H3,(H,18,19)/t14-,15+/m0/s1. The maximum absolute atomic E-state index is 11.5. The number of carboxylic acid groups (broad SMARTS) is 1. The van der Waals surface area contributed by atoms with Gasteiger partial charge >= 0.3 is 5.97 Å². The van der Waals surface area contributed by atoms with Gasteiger partial charge in [-0.1, -0.05) is 12.1 Å². The maximum Gasteiger partial charge on any atom is 0.308 e. The fourth-order valence-electron chi connectivity index (χ4n) is 2.87. The van der Waals surface area contributed by atoms with Crippen LogP contribution in [0.25, 0.3) is 0 Å². The van der Waals surface area contributed by atoms with Crippen molar-refractivity contribution in [3.63, 3.8) is 0 Å². The molecule has 1 aromatic rings. The van der Waals surface area contributed by atoms with Crippen molar-refractivity contribution in [2.24, 2.45) is 5.92 Å². The van der Waals surface area contributed by atoms with Gasteiger partial charge in [0.1, 0.15) is 5.75 Å². The zero-order valence-electron chi connectivity index (χ0n) is 12.6. The molecule has 21 heavy (non-hydrogen) atoms. The van der Waals surface area contributed by atoms with Crippen molar-refractivity contribution >= 4 is 5.97 Å². The van der Waals surface area contributed by atoms with Crippen LogP contribution in [0.1, 0.15) is 18.4 Å². The van der Waals surface area contributed by atoms with E-state index >= 15 is 0 Å². The average Bonchev–Trinajstić information content (AvgIpc) is 2.92. The van der Waals surface area contributed by atoms with Gasteiger partial charge in [-0.25, -0.2) is 0 Å². The summed E-state index contributed by atoms with van der Waals surface area (Å²) in [7, 11) is 1.62. The van der Waals surface area contributed by atoms with Crippen molar-refractivity contribution in [1.29, 1.82) is 0 Å². The molecule has 0 spiro atoms. The summed E-state index contributed by atoms with van der Waals surface area (Å²) in [6.45, 7) is 5.39. The monoisotopic (exact) mass is 293 g/mol. The smallest absolute Gasteiger partial charge is 0.308 e. The molecule has 2 atom stereocenters. The molecule has 1 N–H and O–H groups in total. The number of aliphatic carboxylic acids is 1. The quantitative estimate of drug-likeness (QED) is 0.777. The van der Waals surface area contributed by atoms with Crippen LogP contribution in [0.5, 0.6) is 5.75 Å². The SMILES string of the molecule is CCOCCN1C[C@@H](C(=O)O)[C@H](c2cccc(OC)c2)C1. The Morgan fingerprint density at radius 1 is 1.43 bits per heavy atom. The van der Waals surface area contributed by atoms with E-state index in [0.717, 1.165) is 24.4 Å². The van der Waals surface area contributed by atoms with E-state index in [2.05, 4.69) is 4.90 Å². The number of hydrogen-bond acceptors (Lipinski definition) is 4. The number of hydrogen-bond donors (Lipinski definition) is 1. The first-order chi connectivity index (χ1) is 10.2. The van der Waals surface area contributed by atoms with E-state index in [1.165, 1.54) is 0 Å². The Balaban J connectivity index is 2.10.